The molecule has 4 nitrogen and oxygen atoms in total. The number of benzene rings is 1. The number of carbonyl (C=O) groups excluding carboxylic acids is 1. The number of aryl methyl sites for hydroxylation is 1. The third kappa shape index (κ3) is 2.73. The normalized spacial score (nSPS) is 12.0. The topological polar surface area (TPSA) is 55.8 Å². The first kappa shape index (κ1) is 12.5. The molecule has 88 valence electrons. The number of aliphatic hydroxyl groups excluding tert-OH is 1. The Hall–Kier alpha value is -1.55. The second-order valence-electron chi connectivity index (χ2n) is 3.49. The minimum absolute atomic E-state index is 0.0717. The summed E-state index contributed by atoms with van der Waals surface area (Å²) in [6, 6.07) is 5.45. The van der Waals surface area contributed by atoms with Gasteiger partial charge in [0.15, 0.2) is 0 Å². The van der Waals surface area contributed by atoms with Crippen molar-refractivity contribution in [1.82, 2.24) is 0 Å². The molecule has 0 bridgehead atoms. The van der Waals surface area contributed by atoms with Gasteiger partial charge in [-0.05, 0) is 18.6 Å². The van der Waals surface area contributed by atoms with Crippen molar-refractivity contribution in [3.8, 4) is 5.75 Å². The lowest BCUT2D eigenvalue weighted by Gasteiger charge is -2.16. The molecular weight excluding hydrogens is 208 g/mol. The monoisotopic (exact) mass is 224 g/mol. The van der Waals surface area contributed by atoms with E-state index >= 15 is 0 Å². The summed E-state index contributed by atoms with van der Waals surface area (Å²) in [4.78, 5) is 11.1. The summed E-state index contributed by atoms with van der Waals surface area (Å²) in [7, 11) is 2.83. The molecule has 0 unspecified atom stereocenters. The third-order valence-electron chi connectivity index (χ3n) is 2.42. The number of esters is 1. The molecule has 0 radical (unpaired) electrons. The first-order valence-corrected chi connectivity index (χ1v) is 4.98. The first-order chi connectivity index (χ1) is 7.60. The number of rotatable bonds is 4. The molecule has 0 saturated heterocycles. The van der Waals surface area contributed by atoms with Crippen LogP contribution in [0.5, 0.6) is 5.75 Å². The van der Waals surface area contributed by atoms with E-state index in [1.165, 1.54) is 14.2 Å². The van der Waals surface area contributed by atoms with Crippen LogP contribution in [0.3, 0.4) is 0 Å². The molecule has 1 atom stereocenters. The van der Waals surface area contributed by atoms with Crippen molar-refractivity contribution in [3.63, 3.8) is 0 Å². The van der Waals surface area contributed by atoms with Crippen LogP contribution in [0.25, 0.3) is 0 Å². The van der Waals surface area contributed by atoms with Gasteiger partial charge in [-0.15, -0.1) is 0 Å². The molecule has 0 aliphatic rings. The van der Waals surface area contributed by atoms with Crippen molar-refractivity contribution in [3.05, 3.63) is 29.3 Å². The molecule has 0 aromatic heterocycles. The van der Waals surface area contributed by atoms with E-state index in [4.69, 9.17) is 4.74 Å². The van der Waals surface area contributed by atoms with Crippen LogP contribution in [-0.2, 0) is 9.53 Å². The second kappa shape index (κ2) is 5.51. The largest absolute Gasteiger partial charge is 0.496 e. The quantitative estimate of drug-likeness (QED) is 0.789. The Kier molecular flexibility index (Phi) is 4.31. The van der Waals surface area contributed by atoms with E-state index in [-0.39, 0.29) is 6.42 Å². The highest BCUT2D eigenvalue weighted by molar-refractivity contribution is 5.70. The second-order valence-corrected chi connectivity index (χ2v) is 3.49. The predicted octanol–water partition coefficient (Wildman–Crippen LogP) is 1.60. The maximum Gasteiger partial charge on any atom is 0.308 e. The average molecular weight is 224 g/mol. The lowest BCUT2D eigenvalue weighted by Crippen LogP contribution is -2.10. The Morgan fingerprint density at radius 1 is 1.44 bits per heavy atom. The Balaban J connectivity index is 2.97. The first-order valence-electron chi connectivity index (χ1n) is 4.98. The molecule has 0 amide bonds. The number of methoxy groups -OCH3 is 2. The molecule has 16 heavy (non-hydrogen) atoms. The minimum atomic E-state index is -0.899. The van der Waals surface area contributed by atoms with E-state index < -0.39 is 12.1 Å². The van der Waals surface area contributed by atoms with Crippen LogP contribution in [0.2, 0.25) is 0 Å². The van der Waals surface area contributed by atoms with Gasteiger partial charge in [-0.1, -0.05) is 12.1 Å². The molecule has 1 aromatic carbocycles. The van der Waals surface area contributed by atoms with E-state index in [0.717, 1.165) is 5.56 Å². The maximum absolute atomic E-state index is 11.1. The van der Waals surface area contributed by atoms with E-state index in [1.54, 1.807) is 6.07 Å². The van der Waals surface area contributed by atoms with Crippen LogP contribution < -0.4 is 4.74 Å². The SMILES string of the molecule is COC(=O)C[C@@H](O)c1c(C)cccc1OC. The van der Waals surface area contributed by atoms with Crippen LogP contribution in [0.15, 0.2) is 18.2 Å². The summed E-state index contributed by atoms with van der Waals surface area (Å²) in [5, 5.41) is 9.93. The maximum atomic E-state index is 11.1. The van der Waals surface area contributed by atoms with Crippen LogP contribution in [-0.4, -0.2) is 25.3 Å². The minimum Gasteiger partial charge on any atom is -0.496 e. The van der Waals surface area contributed by atoms with Crippen LogP contribution in [0.4, 0.5) is 0 Å². The van der Waals surface area contributed by atoms with Gasteiger partial charge < -0.3 is 14.6 Å². The van der Waals surface area contributed by atoms with Gasteiger partial charge in [0.25, 0.3) is 0 Å². The fourth-order valence-electron chi connectivity index (χ4n) is 1.60. The smallest absolute Gasteiger partial charge is 0.308 e. The molecule has 0 saturated carbocycles. The molecule has 0 heterocycles. The summed E-state index contributed by atoms with van der Waals surface area (Å²) in [5.41, 5.74) is 1.52. The molecule has 4 heteroatoms. The predicted molar refractivity (Wildman–Crippen MR) is 59.3 cm³/mol. The summed E-state index contributed by atoms with van der Waals surface area (Å²) >= 11 is 0. The Morgan fingerprint density at radius 2 is 2.12 bits per heavy atom. The number of ether oxygens (including phenoxy) is 2. The lowest BCUT2D eigenvalue weighted by atomic mass is 10.00. The average Bonchev–Trinajstić information content (AvgIpc) is 2.28. The molecule has 0 fully saturated rings. The Bertz CT molecular complexity index is 373. The highest BCUT2D eigenvalue weighted by atomic mass is 16.5. The van der Waals surface area contributed by atoms with Gasteiger partial charge in [-0.2, -0.15) is 0 Å². The number of hydrogen-bond donors (Lipinski definition) is 1. The Morgan fingerprint density at radius 3 is 2.69 bits per heavy atom. The van der Waals surface area contributed by atoms with E-state index in [2.05, 4.69) is 4.74 Å². The van der Waals surface area contributed by atoms with Crippen LogP contribution in [0, 0.1) is 6.92 Å². The number of hydrogen-bond acceptors (Lipinski definition) is 4. The van der Waals surface area contributed by atoms with E-state index in [9.17, 15) is 9.90 Å². The van der Waals surface area contributed by atoms with Gasteiger partial charge in [0, 0.05) is 5.56 Å². The Labute approximate surface area is 94.8 Å². The van der Waals surface area contributed by atoms with Crippen molar-refractivity contribution in [2.24, 2.45) is 0 Å². The van der Waals surface area contributed by atoms with Gasteiger partial charge >= 0.3 is 5.97 Å². The van der Waals surface area contributed by atoms with Crippen LogP contribution >= 0.6 is 0 Å². The summed E-state index contributed by atoms with van der Waals surface area (Å²) in [6.07, 6.45) is -0.971. The molecular formula is C12H16O4. The van der Waals surface area contributed by atoms with Crippen molar-refractivity contribution in [2.45, 2.75) is 19.4 Å². The summed E-state index contributed by atoms with van der Waals surface area (Å²) in [5.74, 6) is 0.134. The van der Waals surface area contributed by atoms with E-state index in [1.807, 2.05) is 19.1 Å². The van der Waals surface area contributed by atoms with Gasteiger partial charge in [0.05, 0.1) is 26.7 Å². The van der Waals surface area contributed by atoms with Gasteiger partial charge in [-0.3, -0.25) is 4.79 Å². The summed E-state index contributed by atoms with van der Waals surface area (Å²) in [6.45, 7) is 1.86. The highest BCUT2D eigenvalue weighted by Gasteiger charge is 2.19. The number of aliphatic hydroxyl groups is 1. The molecule has 1 rings (SSSR count). The molecule has 0 aliphatic heterocycles. The third-order valence-corrected chi connectivity index (χ3v) is 2.42. The van der Waals surface area contributed by atoms with Gasteiger partial charge in [0.2, 0.25) is 0 Å². The fourth-order valence-corrected chi connectivity index (χ4v) is 1.60. The molecule has 0 spiro atoms. The van der Waals surface area contributed by atoms with Crippen molar-refractivity contribution in [1.29, 1.82) is 0 Å². The zero-order valence-corrected chi connectivity index (χ0v) is 9.69. The molecule has 1 N–H and O–H groups in total. The standard InChI is InChI=1S/C12H16O4/c1-8-5-4-6-10(15-2)12(8)9(13)7-11(14)16-3/h4-6,9,13H,7H2,1-3H3/t9-/m1/s1. The summed E-state index contributed by atoms with van der Waals surface area (Å²) < 4.78 is 9.67. The molecule has 1 aromatic rings. The van der Waals surface area contributed by atoms with Crippen molar-refractivity contribution >= 4 is 5.97 Å². The van der Waals surface area contributed by atoms with Gasteiger partial charge in [-0.25, -0.2) is 0 Å². The molecule has 0 aliphatic carbocycles. The fraction of sp³-hybridized carbons (Fsp3) is 0.417. The highest BCUT2D eigenvalue weighted by Crippen LogP contribution is 2.30. The zero-order valence-electron chi connectivity index (χ0n) is 9.69. The van der Waals surface area contributed by atoms with Crippen LogP contribution in [0.1, 0.15) is 23.7 Å². The number of carbonyl (C=O) groups is 1. The van der Waals surface area contributed by atoms with Crippen molar-refractivity contribution in [2.75, 3.05) is 14.2 Å². The van der Waals surface area contributed by atoms with Gasteiger partial charge in [0.1, 0.15) is 5.75 Å². The zero-order chi connectivity index (χ0) is 12.1. The lowest BCUT2D eigenvalue weighted by molar-refractivity contribution is -0.142. The van der Waals surface area contributed by atoms with Crippen molar-refractivity contribution < 1.29 is 19.4 Å². The van der Waals surface area contributed by atoms with E-state index in [0.29, 0.717) is 11.3 Å².